The fraction of sp³-hybridized carbons (Fsp3) is 0.615. The van der Waals surface area contributed by atoms with Gasteiger partial charge in [-0.15, -0.1) is 0 Å². The van der Waals surface area contributed by atoms with Crippen molar-refractivity contribution in [2.75, 3.05) is 30.8 Å². The largest absolute Gasteiger partial charge is 0.383 e. The lowest BCUT2D eigenvalue weighted by atomic mass is 10.2. The summed E-state index contributed by atoms with van der Waals surface area (Å²) in [7, 11) is 1.83. The van der Waals surface area contributed by atoms with Crippen LogP contribution in [0.1, 0.15) is 31.7 Å². The predicted molar refractivity (Wildman–Crippen MR) is 77.1 cm³/mol. The van der Waals surface area contributed by atoms with Gasteiger partial charge < -0.3 is 16.0 Å². The highest BCUT2D eigenvalue weighted by Gasteiger charge is 2.14. The monoisotopic (exact) mass is 265 g/mol. The summed E-state index contributed by atoms with van der Waals surface area (Å²) in [4.78, 5) is 22.2. The molecule has 0 fully saturated rings. The van der Waals surface area contributed by atoms with Crippen LogP contribution in [-0.4, -0.2) is 36.0 Å². The Morgan fingerprint density at radius 2 is 2.05 bits per heavy atom. The predicted octanol–water partition coefficient (Wildman–Crippen LogP) is 0.892. The van der Waals surface area contributed by atoms with Crippen molar-refractivity contribution in [3.63, 3.8) is 0 Å². The van der Waals surface area contributed by atoms with E-state index in [-0.39, 0.29) is 12.5 Å². The molecule has 1 aromatic heterocycles. The molecule has 0 aromatic carbocycles. The Hall–Kier alpha value is -1.85. The van der Waals surface area contributed by atoms with Crippen LogP contribution in [-0.2, 0) is 11.2 Å². The topological polar surface area (TPSA) is 84.1 Å². The third-order valence-electron chi connectivity index (χ3n) is 2.83. The second-order valence-corrected chi connectivity index (χ2v) is 4.53. The number of likely N-dealkylation sites (N-methyl/N-ethyl adjacent to an activating group) is 1. The number of nitrogens with zero attached hydrogens (tertiary/aromatic N) is 3. The fourth-order valence-corrected chi connectivity index (χ4v) is 1.71. The fourth-order valence-electron chi connectivity index (χ4n) is 1.71. The minimum absolute atomic E-state index is 0.0148. The molecule has 1 heterocycles. The van der Waals surface area contributed by atoms with Crippen molar-refractivity contribution in [1.82, 2.24) is 15.3 Å². The third kappa shape index (κ3) is 4.08. The number of rotatable bonds is 6. The first-order valence-electron chi connectivity index (χ1n) is 6.60. The third-order valence-corrected chi connectivity index (χ3v) is 2.83. The Balaban J connectivity index is 2.84. The summed E-state index contributed by atoms with van der Waals surface area (Å²) >= 11 is 0. The summed E-state index contributed by atoms with van der Waals surface area (Å²) in [5, 5.41) is 2.84. The van der Waals surface area contributed by atoms with Crippen molar-refractivity contribution in [3.05, 3.63) is 11.4 Å². The number of nitrogen functional groups attached to an aromatic ring is 1. The standard InChI is InChI=1S/C13H23N5O/c1-5-7-15-11(19)8-18(4)13-9(3)12(14)16-10(6-2)17-13/h5-8H2,1-4H3,(H,15,19)(H2,14,16,17). The van der Waals surface area contributed by atoms with Gasteiger partial charge in [-0.2, -0.15) is 0 Å². The SMILES string of the molecule is CCCNC(=O)CN(C)c1nc(CC)nc(N)c1C. The number of anilines is 2. The molecular weight excluding hydrogens is 242 g/mol. The normalized spacial score (nSPS) is 10.3. The van der Waals surface area contributed by atoms with Crippen LogP contribution in [0.25, 0.3) is 0 Å². The highest BCUT2D eigenvalue weighted by atomic mass is 16.2. The molecule has 0 aliphatic heterocycles. The van der Waals surface area contributed by atoms with Crippen molar-refractivity contribution in [3.8, 4) is 0 Å². The Kier molecular flexibility index (Phi) is 5.54. The molecular formula is C13H23N5O. The number of carbonyl (C=O) groups is 1. The molecule has 0 bridgehead atoms. The van der Waals surface area contributed by atoms with Crippen LogP contribution in [0.15, 0.2) is 0 Å². The van der Waals surface area contributed by atoms with Crippen LogP contribution in [0.4, 0.5) is 11.6 Å². The molecule has 1 amide bonds. The summed E-state index contributed by atoms with van der Waals surface area (Å²) in [5.41, 5.74) is 6.68. The Morgan fingerprint density at radius 1 is 1.37 bits per heavy atom. The lowest BCUT2D eigenvalue weighted by Crippen LogP contribution is -2.36. The van der Waals surface area contributed by atoms with Gasteiger partial charge in [0.15, 0.2) is 0 Å². The molecule has 0 aliphatic rings. The molecule has 6 heteroatoms. The first kappa shape index (κ1) is 15.2. The van der Waals surface area contributed by atoms with Gasteiger partial charge >= 0.3 is 0 Å². The van der Waals surface area contributed by atoms with Crippen LogP contribution < -0.4 is 16.0 Å². The second kappa shape index (κ2) is 6.92. The molecule has 0 spiro atoms. The zero-order chi connectivity index (χ0) is 14.4. The number of nitrogens with two attached hydrogens (primary N) is 1. The van der Waals surface area contributed by atoms with Crippen molar-refractivity contribution < 1.29 is 4.79 Å². The number of aromatic nitrogens is 2. The zero-order valence-electron chi connectivity index (χ0n) is 12.2. The van der Waals surface area contributed by atoms with Crippen molar-refractivity contribution in [1.29, 1.82) is 0 Å². The van der Waals surface area contributed by atoms with E-state index in [1.54, 1.807) is 4.90 Å². The lowest BCUT2D eigenvalue weighted by Gasteiger charge is -2.20. The summed E-state index contributed by atoms with van der Waals surface area (Å²) < 4.78 is 0. The molecule has 0 radical (unpaired) electrons. The van der Waals surface area contributed by atoms with E-state index in [4.69, 9.17) is 5.73 Å². The maximum Gasteiger partial charge on any atom is 0.239 e. The maximum absolute atomic E-state index is 11.7. The molecule has 3 N–H and O–H groups in total. The molecule has 0 unspecified atom stereocenters. The van der Waals surface area contributed by atoms with E-state index in [0.29, 0.717) is 24.6 Å². The summed E-state index contributed by atoms with van der Waals surface area (Å²) in [5.74, 6) is 1.87. The average Bonchev–Trinajstić information content (AvgIpc) is 2.39. The molecule has 1 rings (SSSR count). The van der Waals surface area contributed by atoms with E-state index >= 15 is 0 Å². The summed E-state index contributed by atoms with van der Waals surface area (Å²) in [6.45, 7) is 6.82. The van der Waals surface area contributed by atoms with Crippen LogP contribution in [0.5, 0.6) is 0 Å². The van der Waals surface area contributed by atoms with Gasteiger partial charge in [-0.3, -0.25) is 4.79 Å². The minimum atomic E-state index is -0.0148. The lowest BCUT2D eigenvalue weighted by molar-refractivity contribution is -0.119. The van der Waals surface area contributed by atoms with Gasteiger partial charge in [0.05, 0.1) is 6.54 Å². The molecule has 106 valence electrons. The number of carbonyl (C=O) groups excluding carboxylic acids is 1. The first-order chi connectivity index (χ1) is 8.99. The molecule has 0 atom stereocenters. The second-order valence-electron chi connectivity index (χ2n) is 4.53. The number of amides is 1. The Bertz CT molecular complexity index is 447. The van der Waals surface area contributed by atoms with Crippen molar-refractivity contribution in [2.24, 2.45) is 0 Å². The highest BCUT2D eigenvalue weighted by molar-refractivity contribution is 5.81. The Labute approximate surface area is 114 Å². The van der Waals surface area contributed by atoms with Crippen molar-refractivity contribution in [2.45, 2.75) is 33.6 Å². The van der Waals surface area contributed by atoms with Gasteiger partial charge in [0.2, 0.25) is 5.91 Å². The number of nitrogens with one attached hydrogen (secondary N) is 1. The van der Waals surface area contributed by atoms with E-state index in [2.05, 4.69) is 15.3 Å². The molecule has 19 heavy (non-hydrogen) atoms. The van der Waals surface area contributed by atoms with Gasteiger partial charge in [-0.1, -0.05) is 13.8 Å². The summed E-state index contributed by atoms with van der Waals surface area (Å²) in [6.07, 6.45) is 1.64. The van der Waals surface area contributed by atoms with Gasteiger partial charge in [-0.25, -0.2) is 9.97 Å². The van der Waals surface area contributed by atoms with Gasteiger partial charge in [0.1, 0.15) is 17.5 Å². The van der Waals surface area contributed by atoms with Crippen LogP contribution in [0.3, 0.4) is 0 Å². The molecule has 0 aliphatic carbocycles. The van der Waals surface area contributed by atoms with Crippen LogP contribution in [0.2, 0.25) is 0 Å². The average molecular weight is 265 g/mol. The van der Waals surface area contributed by atoms with Crippen molar-refractivity contribution >= 4 is 17.5 Å². The highest BCUT2D eigenvalue weighted by Crippen LogP contribution is 2.20. The Morgan fingerprint density at radius 3 is 2.63 bits per heavy atom. The van der Waals surface area contributed by atoms with E-state index in [1.807, 2.05) is 27.8 Å². The van der Waals surface area contributed by atoms with E-state index in [0.717, 1.165) is 17.8 Å². The van der Waals surface area contributed by atoms with Crippen LogP contribution in [0, 0.1) is 6.92 Å². The van der Waals surface area contributed by atoms with E-state index in [1.165, 1.54) is 0 Å². The van der Waals surface area contributed by atoms with Crippen LogP contribution >= 0.6 is 0 Å². The first-order valence-corrected chi connectivity index (χ1v) is 6.60. The molecule has 0 saturated carbocycles. The van der Waals surface area contributed by atoms with Gasteiger partial charge in [0.25, 0.3) is 0 Å². The van der Waals surface area contributed by atoms with E-state index < -0.39 is 0 Å². The quantitative estimate of drug-likeness (QED) is 0.798. The maximum atomic E-state index is 11.7. The van der Waals surface area contributed by atoms with E-state index in [9.17, 15) is 4.79 Å². The molecule has 0 saturated heterocycles. The minimum Gasteiger partial charge on any atom is -0.383 e. The number of hydrogen-bond acceptors (Lipinski definition) is 5. The molecule has 6 nitrogen and oxygen atoms in total. The van der Waals surface area contributed by atoms with Gasteiger partial charge in [-0.05, 0) is 13.3 Å². The number of aryl methyl sites for hydroxylation is 1. The number of hydrogen-bond donors (Lipinski definition) is 2. The van der Waals surface area contributed by atoms with Gasteiger partial charge in [0, 0.05) is 25.6 Å². The molecule has 1 aromatic rings. The zero-order valence-corrected chi connectivity index (χ0v) is 12.2. The summed E-state index contributed by atoms with van der Waals surface area (Å²) in [6, 6.07) is 0. The smallest absolute Gasteiger partial charge is 0.239 e.